The molecule has 0 spiro atoms. The second-order valence-corrected chi connectivity index (χ2v) is 7.57. The highest BCUT2D eigenvalue weighted by Crippen LogP contribution is 2.35. The summed E-state index contributed by atoms with van der Waals surface area (Å²) in [6.07, 6.45) is 0.0297. The highest BCUT2D eigenvalue weighted by atomic mass is 16.5. The van der Waals surface area contributed by atoms with Gasteiger partial charge in [0, 0.05) is 22.9 Å². The van der Waals surface area contributed by atoms with E-state index in [-0.39, 0.29) is 11.5 Å². The van der Waals surface area contributed by atoms with E-state index in [1.807, 2.05) is 93.6 Å². The minimum absolute atomic E-state index is 0.00961. The number of aromatic nitrogens is 1. The van der Waals surface area contributed by atoms with E-state index in [2.05, 4.69) is 16.7 Å². The molecule has 0 bridgehead atoms. The average Bonchev–Trinajstić information content (AvgIpc) is 2.76. The smallest absolute Gasteiger partial charge is 0.185 e. The topological polar surface area (TPSA) is 31.2 Å². The summed E-state index contributed by atoms with van der Waals surface area (Å²) in [7, 11) is 0. The van der Waals surface area contributed by atoms with Gasteiger partial charge in [0.05, 0.1) is 17.5 Å². The lowest BCUT2D eigenvalue weighted by molar-refractivity contribution is 0.243. The Hall–Kier alpha value is -3.59. The fourth-order valence-corrected chi connectivity index (χ4v) is 3.72. The lowest BCUT2D eigenvalue weighted by atomic mass is 10.0. The monoisotopic (exact) mass is 395 g/mol. The number of para-hydroxylation sites is 2. The van der Waals surface area contributed by atoms with Crippen LogP contribution in [0.1, 0.15) is 19.4 Å². The number of rotatable bonds is 5. The third kappa shape index (κ3) is 3.79. The quantitative estimate of drug-likeness (QED) is 0.399. The molecule has 1 aromatic heterocycles. The Morgan fingerprint density at radius 2 is 1.40 bits per heavy atom. The number of benzene rings is 3. The summed E-state index contributed by atoms with van der Waals surface area (Å²) in [5.74, 6) is 0.763. The lowest BCUT2D eigenvalue weighted by Crippen LogP contribution is -2.16. The van der Waals surface area contributed by atoms with Gasteiger partial charge in [0.25, 0.3) is 0 Å². The van der Waals surface area contributed by atoms with E-state index in [4.69, 9.17) is 4.74 Å². The van der Waals surface area contributed by atoms with Gasteiger partial charge in [0.1, 0.15) is 5.75 Å². The Morgan fingerprint density at radius 1 is 0.800 bits per heavy atom. The normalized spacial score (nSPS) is 10.9. The maximum absolute atomic E-state index is 13.1. The SMILES string of the molecule is Cc1c(-c2ccccc2)n(-c2ccccc2)c(-c2ccccc2OC(C)C)cc1=O. The molecule has 0 unspecified atom stereocenters. The third-order valence-electron chi connectivity index (χ3n) is 5.04. The highest BCUT2D eigenvalue weighted by Gasteiger charge is 2.19. The minimum Gasteiger partial charge on any atom is -0.490 e. The first-order valence-corrected chi connectivity index (χ1v) is 10.2. The van der Waals surface area contributed by atoms with E-state index in [1.165, 1.54) is 0 Å². The first-order valence-electron chi connectivity index (χ1n) is 10.2. The van der Waals surface area contributed by atoms with Crippen LogP contribution in [0.2, 0.25) is 0 Å². The van der Waals surface area contributed by atoms with E-state index in [0.29, 0.717) is 0 Å². The summed E-state index contributed by atoms with van der Waals surface area (Å²) in [6, 6.07) is 29.8. The molecule has 0 saturated heterocycles. The molecular weight excluding hydrogens is 370 g/mol. The molecule has 1 heterocycles. The van der Waals surface area contributed by atoms with Crippen molar-refractivity contribution >= 4 is 0 Å². The summed E-state index contributed by atoms with van der Waals surface area (Å²) >= 11 is 0. The van der Waals surface area contributed by atoms with Crippen molar-refractivity contribution in [2.24, 2.45) is 0 Å². The number of hydrogen-bond donors (Lipinski definition) is 0. The van der Waals surface area contributed by atoms with Crippen LogP contribution in [0.5, 0.6) is 5.75 Å². The molecule has 0 amide bonds. The van der Waals surface area contributed by atoms with Gasteiger partial charge in [-0.2, -0.15) is 0 Å². The minimum atomic E-state index is 0.00961. The molecular formula is C27H25NO2. The van der Waals surface area contributed by atoms with Crippen molar-refractivity contribution in [2.45, 2.75) is 26.9 Å². The summed E-state index contributed by atoms with van der Waals surface area (Å²) in [5.41, 5.74) is 5.32. The van der Waals surface area contributed by atoms with Crippen LogP contribution < -0.4 is 10.2 Å². The first kappa shape index (κ1) is 19.7. The molecule has 150 valence electrons. The Balaban J connectivity index is 2.11. The number of hydrogen-bond acceptors (Lipinski definition) is 2. The first-order chi connectivity index (χ1) is 14.6. The third-order valence-corrected chi connectivity index (χ3v) is 5.04. The Bertz CT molecular complexity index is 1210. The molecule has 4 rings (SSSR count). The Morgan fingerprint density at radius 3 is 2.07 bits per heavy atom. The van der Waals surface area contributed by atoms with Crippen LogP contribution in [0.4, 0.5) is 0 Å². The Labute approximate surface area is 177 Å². The molecule has 0 atom stereocenters. The lowest BCUT2D eigenvalue weighted by Gasteiger charge is -2.23. The van der Waals surface area contributed by atoms with Crippen LogP contribution in [0.15, 0.2) is 95.8 Å². The molecule has 4 aromatic rings. The summed E-state index contributed by atoms with van der Waals surface area (Å²) in [6.45, 7) is 5.90. The molecule has 30 heavy (non-hydrogen) atoms. The van der Waals surface area contributed by atoms with Gasteiger partial charge in [-0.25, -0.2) is 0 Å². The zero-order valence-corrected chi connectivity index (χ0v) is 17.5. The fraction of sp³-hybridized carbons (Fsp3) is 0.148. The van der Waals surface area contributed by atoms with Gasteiger partial charge in [0.2, 0.25) is 0 Å². The summed E-state index contributed by atoms with van der Waals surface area (Å²) < 4.78 is 8.25. The van der Waals surface area contributed by atoms with Crippen molar-refractivity contribution in [3.05, 3.63) is 107 Å². The van der Waals surface area contributed by atoms with Gasteiger partial charge in [0.15, 0.2) is 5.43 Å². The molecule has 0 aliphatic rings. The molecule has 3 nitrogen and oxygen atoms in total. The summed E-state index contributed by atoms with van der Waals surface area (Å²) in [5, 5.41) is 0. The zero-order chi connectivity index (χ0) is 21.1. The van der Waals surface area contributed by atoms with Crippen LogP contribution in [0, 0.1) is 6.92 Å². The van der Waals surface area contributed by atoms with Gasteiger partial charge in [-0.3, -0.25) is 4.79 Å². The maximum Gasteiger partial charge on any atom is 0.185 e. The predicted molar refractivity (Wildman–Crippen MR) is 123 cm³/mol. The molecule has 3 aromatic carbocycles. The number of pyridine rings is 1. The van der Waals surface area contributed by atoms with Crippen molar-refractivity contribution in [3.8, 4) is 34.0 Å². The van der Waals surface area contributed by atoms with Crippen molar-refractivity contribution < 1.29 is 4.74 Å². The predicted octanol–water partition coefficient (Wildman–Crippen LogP) is 6.27. The van der Waals surface area contributed by atoms with Crippen LogP contribution in [0.3, 0.4) is 0 Å². The molecule has 0 aliphatic carbocycles. The molecule has 0 aliphatic heterocycles. The standard InChI is InChI=1S/C27H25NO2/c1-19(2)30-26-17-11-10-16-23(26)24-18-25(29)20(3)27(21-12-6-4-7-13-21)28(24)22-14-8-5-9-15-22/h4-19H,1-3H3. The van der Waals surface area contributed by atoms with Crippen molar-refractivity contribution in [1.29, 1.82) is 0 Å². The zero-order valence-electron chi connectivity index (χ0n) is 17.5. The second kappa shape index (κ2) is 8.42. The highest BCUT2D eigenvalue weighted by molar-refractivity contribution is 5.76. The van der Waals surface area contributed by atoms with Gasteiger partial charge in [-0.1, -0.05) is 60.7 Å². The van der Waals surface area contributed by atoms with Crippen LogP contribution in [0.25, 0.3) is 28.2 Å². The van der Waals surface area contributed by atoms with Crippen LogP contribution >= 0.6 is 0 Å². The van der Waals surface area contributed by atoms with Crippen molar-refractivity contribution in [3.63, 3.8) is 0 Å². The van der Waals surface area contributed by atoms with E-state index in [0.717, 1.165) is 39.5 Å². The molecule has 0 radical (unpaired) electrons. The van der Waals surface area contributed by atoms with E-state index in [1.54, 1.807) is 6.07 Å². The van der Waals surface area contributed by atoms with E-state index in [9.17, 15) is 4.79 Å². The largest absolute Gasteiger partial charge is 0.490 e. The van der Waals surface area contributed by atoms with Crippen molar-refractivity contribution in [2.75, 3.05) is 0 Å². The van der Waals surface area contributed by atoms with Gasteiger partial charge >= 0.3 is 0 Å². The van der Waals surface area contributed by atoms with Gasteiger partial charge in [-0.15, -0.1) is 0 Å². The number of nitrogens with zero attached hydrogens (tertiary/aromatic N) is 1. The van der Waals surface area contributed by atoms with Gasteiger partial charge in [-0.05, 0) is 50.6 Å². The molecule has 0 N–H and O–H groups in total. The van der Waals surface area contributed by atoms with Gasteiger partial charge < -0.3 is 9.30 Å². The van der Waals surface area contributed by atoms with Crippen molar-refractivity contribution in [1.82, 2.24) is 4.57 Å². The maximum atomic E-state index is 13.1. The fourth-order valence-electron chi connectivity index (χ4n) is 3.72. The second-order valence-electron chi connectivity index (χ2n) is 7.57. The molecule has 3 heteroatoms. The van der Waals surface area contributed by atoms with E-state index < -0.39 is 0 Å². The Kier molecular flexibility index (Phi) is 5.53. The molecule has 0 saturated carbocycles. The van der Waals surface area contributed by atoms with Crippen LogP contribution in [-0.4, -0.2) is 10.7 Å². The number of ether oxygens (including phenoxy) is 1. The van der Waals surface area contributed by atoms with E-state index >= 15 is 0 Å². The summed E-state index contributed by atoms with van der Waals surface area (Å²) in [4.78, 5) is 13.1. The average molecular weight is 396 g/mol. The van der Waals surface area contributed by atoms with Crippen LogP contribution in [-0.2, 0) is 0 Å². The molecule has 0 fully saturated rings.